The number of pyridine rings is 1. The van der Waals surface area contributed by atoms with E-state index in [0.29, 0.717) is 16.4 Å². The summed E-state index contributed by atoms with van der Waals surface area (Å²) < 4.78 is 15.1. The monoisotopic (exact) mass is 292 g/mol. The Morgan fingerprint density at radius 2 is 2.40 bits per heavy atom. The molecule has 0 aromatic carbocycles. The van der Waals surface area contributed by atoms with Gasteiger partial charge in [-0.3, -0.25) is 4.98 Å². The molecule has 0 amide bonds. The summed E-state index contributed by atoms with van der Waals surface area (Å²) >= 11 is 1.24. The van der Waals surface area contributed by atoms with Crippen LogP contribution >= 0.6 is 11.3 Å². The highest BCUT2D eigenvalue weighted by molar-refractivity contribution is 7.11. The molecule has 0 atom stereocenters. The van der Waals surface area contributed by atoms with Crippen LogP contribution in [0.4, 0.5) is 0 Å². The maximum Gasteiger partial charge on any atom is 0.368 e. The van der Waals surface area contributed by atoms with Gasteiger partial charge in [0.1, 0.15) is 6.61 Å². The lowest BCUT2D eigenvalue weighted by Gasteiger charge is -2.07. The number of nitrogens with zero attached hydrogens (tertiary/aromatic N) is 6. The summed E-state index contributed by atoms with van der Waals surface area (Å²) in [5, 5.41) is 9.43. The van der Waals surface area contributed by atoms with Gasteiger partial charge in [0.05, 0.1) is 13.3 Å². The van der Waals surface area contributed by atoms with Crippen LogP contribution in [0.15, 0.2) is 34.8 Å². The van der Waals surface area contributed by atoms with Crippen LogP contribution in [-0.2, 0) is 13.7 Å². The van der Waals surface area contributed by atoms with Crippen LogP contribution in [0, 0.1) is 0 Å². The summed E-state index contributed by atoms with van der Waals surface area (Å²) in [6, 6.07) is 1.73. The van der Waals surface area contributed by atoms with Gasteiger partial charge in [0.25, 0.3) is 5.19 Å². The number of thiazole rings is 1. The second-order valence-corrected chi connectivity index (χ2v) is 4.65. The summed E-state index contributed by atoms with van der Waals surface area (Å²) in [7, 11) is 1.52. The molecule has 8 nitrogen and oxygen atoms in total. The third-order valence-corrected chi connectivity index (χ3v) is 3.19. The first-order valence-electron chi connectivity index (χ1n) is 6.12. The predicted molar refractivity (Wildman–Crippen MR) is 70.8 cm³/mol. The molecule has 3 aromatic rings. The van der Waals surface area contributed by atoms with Crippen molar-refractivity contribution in [3.63, 3.8) is 0 Å². The van der Waals surface area contributed by atoms with E-state index < -0.39 is 0 Å². The van der Waals surface area contributed by atoms with Crippen molar-refractivity contribution in [2.45, 2.75) is 6.61 Å². The van der Waals surface area contributed by atoms with Gasteiger partial charge in [0.2, 0.25) is 0 Å². The van der Waals surface area contributed by atoms with E-state index in [-0.39, 0.29) is 18.5 Å². The Morgan fingerprint density at radius 3 is 3.10 bits per heavy atom. The Morgan fingerprint density at radius 1 is 1.50 bits per heavy atom. The van der Waals surface area contributed by atoms with Crippen molar-refractivity contribution in [1.82, 2.24) is 29.8 Å². The minimum Gasteiger partial charge on any atom is -0.465 e. The van der Waals surface area contributed by atoms with Crippen LogP contribution in [0.5, 0.6) is 5.19 Å². The molecule has 0 N–H and O–H groups in total. The number of aryl methyl sites for hydroxylation is 1. The van der Waals surface area contributed by atoms with E-state index in [0.717, 1.165) is 9.36 Å². The summed E-state index contributed by atoms with van der Waals surface area (Å²) in [6.07, 6.45) is 3.28. The molecule has 9 heteroatoms. The van der Waals surface area contributed by atoms with Gasteiger partial charge in [-0.1, -0.05) is 11.3 Å². The van der Waals surface area contributed by atoms with Gasteiger partial charge in [-0.2, -0.15) is 9.36 Å². The molecule has 0 spiro atoms. The van der Waals surface area contributed by atoms with E-state index in [1.165, 1.54) is 24.6 Å². The maximum atomic E-state index is 11.9. The van der Waals surface area contributed by atoms with Crippen LogP contribution in [0.3, 0.4) is 0 Å². The molecule has 3 aromatic heterocycles. The number of rotatable bonds is 4. The fourth-order valence-corrected chi connectivity index (χ4v) is 2.02. The van der Waals surface area contributed by atoms with Crippen molar-refractivity contribution in [2.75, 3.05) is 0 Å². The molecule has 0 saturated heterocycles. The van der Waals surface area contributed by atoms with E-state index in [1.54, 1.807) is 17.6 Å². The minimum atomic E-state index is -0.369. The van der Waals surface area contributed by atoms with Crippen LogP contribution in [0.1, 0.15) is 6.93 Å². The highest BCUT2D eigenvalue weighted by Crippen LogP contribution is 2.17. The molecule has 0 radical (unpaired) electrons. The number of hydrogen-bond acceptors (Lipinski definition) is 7. The molecule has 3 rings (SSSR count). The molecular weight excluding hydrogens is 280 g/mol. The first-order valence-corrected chi connectivity index (χ1v) is 6.50. The molecule has 0 aliphatic carbocycles. The zero-order valence-electron chi connectivity index (χ0n) is 11.4. The molecular formula is C11H10N6O2S. The van der Waals surface area contributed by atoms with Gasteiger partial charge < -0.3 is 4.74 Å². The van der Waals surface area contributed by atoms with Crippen molar-refractivity contribution in [2.24, 2.45) is 7.05 Å². The highest BCUT2D eigenvalue weighted by Gasteiger charge is 2.11. The Hall–Kier alpha value is -2.55. The molecule has 0 aliphatic rings. The third-order valence-electron chi connectivity index (χ3n) is 2.56. The van der Waals surface area contributed by atoms with E-state index in [4.69, 9.17) is 6.11 Å². The minimum absolute atomic E-state index is 0.162. The summed E-state index contributed by atoms with van der Waals surface area (Å²) in [5.41, 5.74) is 0.847. The largest absolute Gasteiger partial charge is 0.465 e. The van der Waals surface area contributed by atoms with E-state index in [1.807, 2.05) is 0 Å². The number of ether oxygens (including phenoxy) is 1. The fraction of sp³-hybridized carbons (Fsp3) is 0.182. The second kappa shape index (κ2) is 5.21. The number of tetrazole rings is 1. The Labute approximate surface area is 118 Å². The molecule has 0 saturated carbocycles. The van der Waals surface area contributed by atoms with Crippen molar-refractivity contribution < 1.29 is 6.11 Å². The summed E-state index contributed by atoms with van der Waals surface area (Å²) in [6.45, 7) is 0.188. The van der Waals surface area contributed by atoms with Crippen molar-refractivity contribution in [3.05, 3.63) is 46.1 Å². The lowest BCUT2D eigenvalue weighted by Crippen LogP contribution is -2.23. The summed E-state index contributed by atoms with van der Waals surface area (Å²) in [5.74, 6) is 0. The van der Waals surface area contributed by atoms with Gasteiger partial charge in [-0.05, 0) is 16.5 Å². The topological polar surface area (TPSA) is 87.7 Å². The normalized spacial score (nSPS) is 11.3. The summed E-state index contributed by atoms with van der Waals surface area (Å²) in [4.78, 5) is 19.8. The van der Waals surface area contributed by atoms with Gasteiger partial charge in [-0.15, -0.1) is 0 Å². The molecule has 0 bridgehead atoms. The lowest BCUT2D eigenvalue weighted by atomic mass is 10.2. The fourth-order valence-electron chi connectivity index (χ4n) is 1.58. The zero-order chi connectivity index (χ0) is 14.8. The highest BCUT2D eigenvalue weighted by atomic mass is 32.1. The first kappa shape index (κ1) is 11.3. The van der Waals surface area contributed by atoms with Crippen molar-refractivity contribution in [3.8, 4) is 10.9 Å². The van der Waals surface area contributed by atoms with Gasteiger partial charge in [0, 0.05) is 30.4 Å². The number of aromatic nitrogens is 6. The molecule has 0 fully saturated rings. The van der Waals surface area contributed by atoms with Crippen LogP contribution < -0.4 is 10.4 Å². The second-order valence-electron chi connectivity index (χ2n) is 3.83. The van der Waals surface area contributed by atoms with Gasteiger partial charge >= 0.3 is 5.69 Å². The molecule has 20 heavy (non-hydrogen) atoms. The van der Waals surface area contributed by atoms with Crippen LogP contribution in [-0.4, -0.2) is 29.8 Å². The van der Waals surface area contributed by atoms with Crippen molar-refractivity contribution >= 4 is 11.3 Å². The van der Waals surface area contributed by atoms with E-state index >= 15 is 0 Å². The predicted octanol–water partition coefficient (Wildman–Crippen LogP) is 0.396. The lowest BCUT2D eigenvalue weighted by molar-refractivity contribution is 0.303. The molecule has 0 aliphatic heterocycles. The van der Waals surface area contributed by atoms with E-state index in [9.17, 15) is 4.79 Å². The number of hydrogen-bond donors (Lipinski definition) is 0. The Bertz CT molecular complexity index is 826. The molecule has 3 heterocycles. The van der Waals surface area contributed by atoms with Gasteiger partial charge in [0.15, 0.2) is 0 Å². The maximum absolute atomic E-state index is 11.9. The van der Waals surface area contributed by atoms with Crippen molar-refractivity contribution in [1.29, 1.82) is 0 Å². The standard InChI is InChI=1S/C11H10N6O2S/c1-16-11(18)17(15-14-16)9-6-12-3-2-8(9)7-19-10-13-4-5-20-10/h2-6H,7H2,1H3/i4T. The van der Waals surface area contributed by atoms with E-state index in [2.05, 4.69) is 20.4 Å². The Kier molecular flexibility index (Phi) is 2.94. The molecule has 0 unspecified atom stereocenters. The third kappa shape index (κ3) is 2.30. The average molecular weight is 292 g/mol. The van der Waals surface area contributed by atoms with Gasteiger partial charge in [-0.25, -0.2) is 9.78 Å². The first-order chi connectivity index (χ1) is 10.1. The quantitative estimate of drug-likeness (QED) is 0.691. The van der Waals surface area contributed by atoms with Crippen LogP contribution in [0.2, 0.25) is 0 Å². The smallest absolute Gasteiger partial charge is 0.368 e. The Balaban J connectivity index is 1.89. The average Bonchev–Trinajstić information content (AvgIpc) is 3.04. The molecule has 102 valence electrons. The zero-order valence-corrected chi connectivity index (χ0v) is 11.2. The SMILES string of the molecule is [3H]c1csc(OCc2ccncc2-n2nnn(C)c2=O)n1. The van der Waals surface area contributed by atoms with Crippen LogP contribution in [0.25, 0.3) is 5.69 Å².